The number of nitrogens with zero attached hydrogens (tertiary/aromatic N) is 1. The van der Waals surface area contributed by atoms with Crippen molar-refractivity contribution in [3.8, 4) is 0 Å². The Kier molecular flexibility index (Phi) is 3.14. The molecule has 0 fully saturated rings. The predicted molar refractivity (Wildman–Crippen MR) is 64.5 cm³/mol. The summed E-state index contributed by atoms with van der Waals surface area (Å²) >= 11 is 0. The maximum absolute atomic E-state index is 11.6. The second-order valence-electron chi connectivity index (χ2n) is 4.08. The van der Waals surface area contributed by atoms with E-state index >= 15 is 0 Å². The van der Waals surface area contributed by atoms with Gasteiger partial charge in [0.05, 0.1) is 7.11 Å². The largest absolute Gasteiger partial charge is 0.463 e. The first-order chi connectivity index (χ1) is 8.54. The van der Waals surface area contributed by atoms with Crippen molar-refractivity contribution in [1.82, 2.24) is 0 Å². The van der Waals surface area contributed by atoms with E-state index in [0.29, 0.717) is 18.5 Å². The van der Waals surface area contributed by atoms with Crippen LogP contribution in [0, 0.1) is 0 Å². The van der Waals surface area contributed by atoms with Crippen molar-refractivity contribution in [2.75, 3.05) is 18.6 Å². The van der Waals surface area contributed by atoms with Crippen LogP contribution < -0.4 is 4.90 Å². The smallest absolute Gasteiger partial charge is 0.379 e. The van der Waals surface area contributed by atoms with Gasteiger partial charge in [0.15, 0.2) is 0 Å². The number of esters is 1. The molecule has 5 nitrogen and oxygen atoms in total. The molecule has 1 heterocycles. The highest BCUT2D eigenvalue weighted by atomic mass is 16.5. The Morgan fingerprint density at radius 2 is 2.00 bits per heavy atom. The number of benzene rings is 1. The third-order valence-electron chi connectivity index (χ3n) is 2.99. The normalized spacial score (nSPS) is 13.1. The fourth-order valence-electron chi connectivity index (χ4n) is 2.08. The molecule has 2 rings (SSSR count). The predicted octanol–water partition coefficient (Wildman–Crippen LogP) is 0.951. The van der Waals surface area contributed by atoms with E-state index in [2.05, 4.69) is 4.74 Å². The SMILES string of the molecule is COC(=O)C(=O)c1ccc2c(c1)CCN2C(C)=O. The third kappa shape index (κ3) is 1.99. The molecule has 18 heavy (non-hydrogen) atoms. The summed E-state index contributed by atoms with van der Waals surface area (Å²) in [4.78, 5) is 35.8. The number of hydrogen-bond donors (Lipinski definition) is 0. The average molecular weight is 247 g/mol. The maximum atomic E-state index is 11.6. The summed E-state index contributed by atoms with van der Waals surface area (Å²) in [7, 11) is 1.17. The van der Waals surface area contributed by atoms with Crippen molar-refractivity contribution in [2.24, 2.45) is 0 Å². The Morgan fingerprint density at radius 3 is 2.61 bits per heavy atom. The molecule has 94 valence electrons. The highest BCUT2D eigenvalue weighted by Crippen LogP contribution is 2.29. The zero-order chi connectivity index (χ0) is 13.3. The Labute approximate surface area is 104 Å². The molecular weight excluding hydrogens is 234 g/mol. The molecule has 1 aromatic carbocycles. The van der Waals surface area contributed by atoms with Crippen LogP contribution in [0.25, 0.3) is 0 Å². The molecule has 0 saturated carbocycles. The summed E-state index contributed by atoms with van der Waals surface area (Å²) in [6, 6.07) is 4.89. The minimum absolute atomic E-state index is 0.0270. The summed E-state index contributed by atoms with van der Waals surface area (Å²) in [5, 5.41) is 0. The molecule has 5 heteroatoms. The van der Waals surface area contributed by atoms with E-state index in [9.17, 15) is 14.4 Å². The minimum Gasteiger partial charge on any atom is -0.463 e. The number of carbonyl (C=O) groups is 3. The number of methoxy groups -OCH3 is 1. The highest BCUT2D eigenvalue weighted by Gasteiger charge is 2.24. The zero-order valence-electron chi connectivity index (χ0n) is 10.2. The van der Waals surface area contributed by atoms with Crippen LogP contribution in [0.3, 0.4) is 0 Å². The number of fused-ring (bicyclic) bond motifs is 1. The Hall–Kier alpha value is -2.17. The van der Waals surface area contributed by atoms with Crippen molar-refractivity contribution in [3.05, 3.63) is 29.3 Å². The van der Waals surface area contributed by atoms with E-state index in [4.69, 9.17) is 0 Å². The Balaban J connectivity index is 2.33. The van der Waals surface area contributed by atoms with Crippen LogP contribution in [0.4, 0.5) is 5.69 Å². The lowest BCUT2D eigenvalue weighted by Crippen LogP contribution is -2.25. The van der Waals surface area contributed by atoms with E-state index in [1.165, 1.54) is 14.0 Å². The molecule has 0 aromatic heterocycles. The van der Waals surface area contributed by atoms with Gasteiger partial charge in [0, 0.05) is 24.7 Å². The molecule has 0 radical (unpaired) electrons. The molecular formula is C13H13NO4. The van der Waals surface area contributed by atoms with Crippen molar-refractivity contribution < 1.29 is 19.1 Å². The Bertz CT molecular complexity index is 536. The van der Waals surface area contributed by atoms with Gasteiger partial charge in [-0.25, -0.2) is 4.79 Å². The lowest BCUT2D eigenvalue weighted by atomic mass is 10.1. The molecule has 1 aromatic rings. The van der Waals surface area contributed by atoms with Crippen molar-refractivity contribution >= 4 is 23.3 Å². The van der Waals surface area contributed by atoms with Gasteiger partial charge in [0.2, 0.25) is 5.91 Å². The molecule has 0 unspecified atom stereocenters. The first kappa shape index (κ1) is 12.3. The number of anilines is 1. The van der Waals surface area contributed by atoms with Gasteiger partial charge >= 0.3 is 5.97 Å². The third-order valence-corrected chi connectivity index (χ3v) is 2.99. The second-order valence-corrected chi connectivity index (χ2v) is 4.08. The number of ether oxygens (including phenoxy) is 1. The van der Waals surface area contributed by atoms with Gasteiger partial charge in [-0.05, 0) is 30.2 Å². The number of Topliss-reactive ketones (excluding diaryl/α,β-unsaturated/α-hetero) is 1. The minimum atomic E-state index is -0.878. The quantitative estimate of drug-likeness (QED) is 0.443. The lowest BCUT2D eigenvalue weighted by molar-refractivity contribution is -0.135. The highest BCUT2D eigenvalue weighted by molar-refractivity contribution is 6.40. The standard InChI is InChI=1S/C13H13NO4/c1-8(15)14-6-5-9-7-10(3-4-11(9)14)12(16)13(17)18-2/h3-4,7H,5-6H2,1-2H3. The molecule has 0 N–H and O–H groups in total. The van der Waals surface area contributed by atoms with Gasteiger partial charge < -0.3 is 9.64 Å². The molecule has 1 aliphatic heterocycles. The van der Waals surface area contributed by atoms with Crippen LogP contribution in [0.1, 0.15) is 22.8 Å². The molecule has 1 amide bonds. The fraction of sp³-hybridized carbons (Fsp3) is 0.308. The van der Waals surface area contributed by atoms with Gasteiger partial charge in [-0.1, -0.05) is 0 Å². The number of ketones is 1. The molecule has 0 saturated heterocycles. The van der Waals surface area contributed by atoms with Gasteiger partial charge in [-0.3, -0.25) is 9.59 Å². The number of carbonyl (C=O) groups excluding carboxylic acids is 3. The topological polar surface area (TPSA) is 63.7 Å². The zero-order valence-corrected chi connectivity index (χ0v) is 10.2. The van der Waals surface area contributed by atoms with Crippen molar-refractivity contribution in [1.29, 1.82) is 0 Å². The van der Waals surface area contributed by atoms with Crippen molar-refractivity contribution in [3.63, 3.8) is 0 Å². The van der Waals surface area contributed by atoms with Gasteiger partial charge in [-0.15, -0.1) is 0 Å². The summed E-state index contributed by atoms with van der Waals surface area (Å²) < 4.78 is 4.39. The molecule has 1 aliphatic rings. The number of rotatable bonds is 2. The van der Waals surface area contributed by atoms with E-state index < -0.39 is 11.8 Å². The van der Waals surface area contributed by atoms with Gasteiger partial charge in [-0.2, -0.15) is 0 Å². The molecule has 0 bridgehead atoms. The van der Waals surface area contributed by atoms with Gasteiger partial charge in [0.1, 0.15) is 0 Å². The summed E-state index contributed by atoms with van der Waals surface area (Å²) in [6.45, 7) is 2.11. The van der Waals surface area contributed by atoms with Crippen molar-refractivity contribution in [2.45, 2.75) is 13.3 Å². The first-order valence-electron chi connectivity index (χ1n) is 5.58. The number of hydrogen-bond acceptors (Lipinski definition) is 4. The van der Waals surface area contributed by atoms with E-state index in [1.54, 1.807) is 23.1 Å². The lowest BCUT2D eigenvalue weighted by Gasteiger charge is -2.14. The van der Waals surface area contributed by atoms with E-state index in [0.717, 1.165) is 11.3 Å². The fourth-order valence-corrected chi connectivity index (χ4v) is 2.08. The number of amides is 1. The van der Waals surface area contributed by atoms with Gasteiger partial charge in [0.25, 0.3) is 5.78 Å². The van der Waals surface area contributed by atoms with Crippen LogP contribution in [0.5, 0.6) is 0 Å². The summed E-state index contributed by atoms with van der Waals surface area (Å²) in [6.07, 6.45) is 0.692. The Morgan fingerprint density at radius 1 is 1.28 bits per heavy atom. The van der Waals surface area contributed by atoms with E-state index in [-0.39, 0.29) is 5.91 Å². The van der Waals surface area contributed by atoms with Crippen LogP contribution in [0.15, 0.2) is 18.2 Å². The summed E-state index contributed by atoms with van der Waals surface area (Å²) in [5.74, 6) is -1.57. The average Bonchev–Trinajstić information content (AvgIpc) is 2.79. The molecule has 0 atom stereocenters. The van der Waals surface area contributed by atoms with Crippen LogP contribution in [-0.2, 0) is 20.7 Å². The summed E-state index contributed by atoms with van der Waals surface area (Å²) in [5.41, 5.74) is 2.01. The monoisotopic (exact) mass is 247 g/mol. The second kappa shape index (κ2) is 4.60. The molecule has 0 spiro atoms. The maximum Gasteiger partial charge on any atom is 0.379 e. The van der Waals surface area contributed by atoms with Crippen LogP contribution in [-0.4, -0.2) is 31.3 Å². The van der Waals surface area contributed by atoms with E-state index in [1.807, 2.05) is 0 Å². The molecule has 0 aliphatic carbocycles. The van der Waals surface area contributed by atoms with Crippen LogP contribution in [0.2, 0.25) is 0 Å². The first-order valence-corrected chi connectivity index (χ1v) is 5.58. The van der Waals surface area contributed by atoms with Crippen LogP contribution >= 0.6 is 0 Å².